The molecule has 0 saturated carbocycles. The molecule has 0 aliphatic carbocycles. The van der Waals surface area contributed by atoms with E-state index in [1.807, 2.05) is 44.2 Å². The highest BCUT2D eigenvalue weighted by atomic mass is 15.1. The molecule has 2 N–H and O–H groups in total. The van der Waals surface area contributed by atoms with Crippen LogP contribution in [0.2, 0.25) is 0 Å². The van der Waals surface area contributed by atoms with Gasteiger partial charge in [0.1, 0.15) is 0 Å². The van der Waals surface area contributed by atoms with Gasteiger partial charge in [-0.15, -0.1) is 0 Å². The standard InChI is InChI=1S/C24H22N6/c1-25-16-30(14-10-17-7-11-26-12-8-17)23-6-5-19(24-20(23)9-13-27-24)18-3-2-4-22-21(18)15-28-29-22/h2-9,11-13,15-16,27H,10,14H2,1H3,(H,28,29). The smallest absolute Gasteiger partial charge is 0.0891 e. The molecule has 0 atom stereocenters. The van der Waals surface area contributed by atoms with Crippen LogP contribution in [0.15, 0.2) is 78.3 Å². The highest BCUT2D eigenvalue weighted by Crippen LogP contribution is 2.36. The second-order valence-electron chi connectivity index (χ2n) is 7.21. The van der Waals surface area contributed by atoms with Gasteiger partial charge < -0.3 is 9.88 Å². The van der Waals surface area contributed by atoms with E-state index in [1.54, 1.807) is 0 Å². The molecule has 3 aromatic heterocycles. The van der Waals surface area contributed by atoms with Crippen LogP contribution in [-0.4, -0.2) is 40.1 Å². The average Bonchev–Trinajstić information content (AvgIpc) is 3.46. The highest BCUT2D eigenvalue weighted by Gasteiger charge is 2.15. The summed E-state index contributed by atoms with van der Waals surface area (Å²) in [5.74, 6) is 0. The normalized spacial score (nSPS) is 11.6. The Hall–Kier alpha value is -3.93. The van der Waals surface area contributed by atoms with Gasteiger partial charge in [-0.2, -0.15) is 5.10 Å². The summed E-state index contributed by atoms with van der Waals surface area (Å²) in [6.07, 6.45) is 10.4. The zero-order chi connectivity index (χ0) is 20.3. The zero-order valence-electron chi connectivity index (χ0n) is 16.7. The Morgan fingerprint density at radius 2 is 1.90 bits per heavy atom. The fraction of sp³-hybridized carbons (Fsp3) is 0.125. The Labute approximate surface area is 174 Å². The van der Waals surface area contributed by atoms with Gasteiger partial charge in [0.05, 0.1) is 29.3 Å². The molecule has 3 heterocycles. The first-order valence-electron chi connectivity index (χ1n) is 9.95. The largest absolute Gasteiger partial charge is 0.361 e. The summed E-state index contributed by atoms with van der Waals surface area (Å²) in [6, 6.07) is 16.9. The summed E-state index contributed by atoms with van der Waals surface area (Å²) in [5.41, 5.74) is 6.86. The van der Waals surface area contributed by atoms with Gasteiger partial charge in [0.15, 0.2) is 0 Å². The Balaban J connectivity index is 1.56. The Morgan fingerprint density at radius 1 is 1.00 bits per heavy atom. The van der Waals surface area contributed by atoms with Crippen LogP contribution in [0.1, 0.15) is 5.56 Å². The van der Waals surface area contributed by atoms with Gasteiger partial charge in [-0.05, 0) is 47.9 Å². The predicted molar refractivity (Wildman–Crippen MR) is 123 cm³/mol. The van der Waals surface area contributed by atoms with E-state index in [0.717, 1.165) is 46.2 Å². The van der Waals surface area contributed by atoms with E-state index in [-0.39, 0.29) is 0 Å². The van der Waals surface area contributed by atoms with E-state index in [0.29, 0.717) is 0 Å². The Bertz CT molecular complexity index is 1320. The molecule has 30 heavy (non-hydrogen) atoms. The molecule has 6 heteroatoms. The van der Waals surface area contributed by atoms with Crippen LogP contribution in [0, 0.1) is 0 Å². The lowest BCUT2D eigenvalue weighted by Gasteiger charge is -2.21. The summed E-state index contributed by atoms with van der Waals surface area (Å²) in [7, 11) is 1.81. The van der Waals surface area contributed by atoms with Gasteiger partial charge in [-0.25, -0.2) is 0 Å². The number of nitrogens with zero attached hydrogens (tertiary/aromatic N) is 4. The molecule has 0 amide bonds. The molecule has 148 valence electrons. The van der Waals surface area contributed by atoms with Crippen molar-refractivity contribution in [3.63, 3.8) is 0 Å². The van der Waals surface area contributed by atoms with E-state index in [2.05, 4.69) is 72.5 Å². The number of hydrogen-bond donors (Lipinski definition) is 2. The number of nitrogens with one attached hydrogen (secondary N) is 2. The van der Waals surface area contributed by atoms with Gasteiger partial charge in [-0.3, -0.25) is 15.1 Å². The molecule has 0 aliphatic heterocycles. The van der Waals surface area contributed by atoms with E-state index < -0.39 is 0 Å². The van der Waals surface area contributed by atoms with Crippen molar-refractivity contribution in [2.45, 2.75) is 6.42 Å². The SMILES string of the molecule is CN=CN(CCc1ccncc1)c1ccc(-c2cccc3[nH]ncc23)c2[nH]ccc12. The molecule has 0 radical (unpaired) electrons. The van der Waals surface area contributed by atoms with Gasteiger partial charge in [0, 0.05) is 48.5 Å². The number of H-pyrrole nitrogens is 2. The maximum atomic E-state index is 4.30. The van der Waals surface area contributed by atoms with Crippen LogP contribution in [0.4, 0.5) is 5.69 Å². The quantitative estimate of drug-likeness (QED) is 0.320. The molecular formula is C24H22N6. The second-order valence-corrected chi connectivity index (χ2v) is 7.21. The maximum absolute atomic E-state index is 4.30. The minimum Gasteiger partial charge on any atom is -0.361 e. The summed E-state index contributed by atoms with van der Waals surface area (Å²) in [4.78, 5) is 14.1. The van der Waals surface area contributed by atoms with Crippen molar-refractivity contribution in [3.05, 3.63) is 78.9 Å². The molecule has 5 rings (SSSR count). The lowest BCUT2D eigenvalue weighted by molar-refractivity contribution is 0.941. The van der Waals surface area contributed by atoms with Crippen LogP contribution < -0.4 is 4.90 Å². The van der Waals surface area contributed by atoms with Crippen LogP contribution in [0.3, 0.4) is 0 Å². The first-order valence-corrected chi connectivity index (χ1v) is 9.95. The third-order valence-corrected chi connectivity index (χ3v) is 5.43. The first kappa shape index (κ1) is 18.1. The van der Waals surface area contributed by atoms with Crippen molar-refractivity contribution in [3.8, 4) is 11.1 Å². The fourth-order valence-electron chi connectivity index (χ4n) is 4.00. The number of rotatable bonds is 6. The van der Waals surface area contributed by atoms with Crippen molar-refractivity contribution in [1.29, 1.82) is 0 Å². The van der Waals surface area contributed by atoms with Crippen LogP contribution >= 0.6 is 0 Å². The van der Waals surface area contributed by atoms with Crippen LogP contribution in [0.25, 0.3) is 32.9 Å². The fourth-order valence-corrected chi connectivity index (χ4v) is 4.00. The average molecular weight is 394 g/mol. The third kappa shape index (κ3) is 3.22. The zero-order valence-corrected chi connectivity index (χ0v) is 16.7. The van der Waals surface area contributed by atoms with E-state index in [9.17, 15) is 0 Å². The summed E-state index contributed by atoms with van der Waals surface area (Å²) in [6.45, 7) is 0.832. The number of aliphatic imine (C=N–C) groups is 1. The molecule has 2 aromatic carbocycles. The van der Waals surface area contributed by atoms with E-state index in [1.165, 1.54) is 10.9 Å². The second kappa shape index (κ2) is 7.83. The van der Waals surface area contributed by atoms with Crippen molar-refractivity contribution in [2.24, 2.45) is 4.99 Å². The maximum Gasteiger partial charge on any atom is 0.0891 e. The first-order chi connectivity index (χ1) is 14.8. The minimum atomic E-state index is 0.832. The molecule has 0 spiro atoms. The molecule has 5 aromatic rings. The molecule has 0 saturated heterocycles. The lowest BCUT2D eigenvalue weighted by atomic mass is 9.99. The van der Waals surface area contributed by atoms with Crippen molar-refractivity contribution < 1.29 is 0 Å². The molecule has 0 aliphatic rings. The summed E-state index contributed by atoms with van der Waals surface area (Å²) >= 11 is 0. The third-order valence-electron chi connectivity index (χ3n) is 5.43. The van der Waals surface area contributed by atoms with Crippen LogP contribution in [-0.2, 0) is 6.42 Å². The minimum absolute atomic E-state index is 0.832. The van der Waals surface area contributed by atoms with Gasteiger partial charge >= 0.3 is 0 Å². The lowest BCUT2D eigenvalue weighted by Crippen LogP contribution is -2.24. The summed E-state index contributed by atoms with van der Waals surface area (Å²) < 4.78 is 0. The van der Waals surface area contributed by atoms with Crippen molar-refractivity contribution in [2.75, 3.05) is 18.5 Å². The molecule has 0 bridgehead atoms. The van der Waals surface area contributed by atoms with Gasteiger partial charge in [-0.1, -0.05) is 18.2 Å². The molecular weight excluding hydrogens is 372 g/mol. The molecule has 0 unspecified atom stereocenters. The predicted octanol–water partition coefficient (Wildman–Crippen LogP) is 4.81. The Morgan fingerprint density at radius 3 is 2.77 bits per heavy atom. The van der Waals surface area contributed by atoms with Gasteiger partial charge in [0.25, 0.3) is 0 Å². The number of hydrogen-bond acceptors (Lipinski definition) is 3. The van der Waals surface area contributed by atoms with Gasteiger partial charge in [0.2, 0.25) is 0 Å². The van der Waals surface area contributed by atoms with E-state index >= 15 is 0 Å². The summed E-state index contributed by atoms with van der Waals surface area (Å²) in [5, 5.41) is 9.56. The Kier molecular flexibility index (Phi) is 4.73. The number of aromatic nitrogens is 4. The number of anilines is 1. The number of fused-ring (bicyclic) bond motifs is 2. The number of benzene rings is 2. The number of pyridine rings is 1. The monoisotopic (exact) mass is 394 g/mol. The van der Waals surface area contributed by atoms with Crippen molar-refractivity contribution >= 4 is 33.8 Å². The highest BCUT2D eigenvalue weighted by molar-refractivity contribution is 6.08. The molecule has 0 fully saturated rings. The topological polar surface area (TPSA) is 73.0 Å². The number of aromatic amines is 2. The van der Waals surface area contributed by atoms with Crippen LogP contribution in [0.5, 0.6) is 0 Å². The van der Waals surface area contributed by atoms with E-state index in [4.69, 9.17) is 0 Å². The molecule has 6 nitrogen and oxygen atoms in total. The van der Waals surface area contributed by atoms with Crippen molar-refractivity contribution in [1.82, 2.24) is 20.2 Å².